The van der Waals surface area contributed by atoms with E-state index < -0.39 is 6.04 Å². The van der Waals surface area contributed by atoms with Gasteiger partial charge in [0, 0.05) is 5.38 Å². The van der Waals surface area contributed by atoms with E-state index in [1.54, 1.807) is 24.3 Å². The molecular formula is C18H23N3O3S. The van der Waals surface area contributed by atoms with Crippen LogP contribution < -0.4 is 15.4 Å². The van der Waals surface area contributed by atoms with Crippen LogP contribution in [0.15, 0.2) is 29.6 Å². The van der Waals surface area contributed by atoms with Gasteiger partial charge in [-0.05, 0) is 31.9 Å². The second kappa shape index (κ2) is 8.62. The quantitative estimate of drug-likeness (QED) is 0.793. The normalized spacial score (nSPS) is 11.9. The molecule has 0 spiro atoms. The van der Waals surface area contributed by atoms with Crippen molar-refractivity contribution < 1.29 is 14.3 Å². The molecule has 1 unspecified atom stereocenters. The zero-order chi connectivity index (χ0) is 18.4. The molecule has 7 heteroatoms. The molecule has 25 heavy (non-hydrogen) atoms. The number of thiazole rings is 1. The molecule has 0 radical (unpaired) electrons. The molecule has 1 aromatic carbocycles. The molecule has 1 atom stereocenters. The molecule has 0 bridgehead atoms. The Balaban J connectivity index is 2.13. The molecule has 0 saturated carbocycles. The van der Waals surface area contributed by atoms with Crippen LogP contribution in [0.4, 0.5) is 5.13 Å². The van der Waals surface area contributed by atoms with Gasteiger partial charge in [-0.3, -0.25) is 9.59 Å². The molecular weight excluding hydrogens is 338 g/mol. The first kappa shape index (κ1) is 18.9. The van der Waals surface area contributed by atoms with E-state index in [1.807, 2.05) is 33.1 Å². The Bertz CT molecular complexity index is 743. The molecule has 2 aromatic rings. The largest absolute Gasteiger partial charge is 0.493 e. The van der Waals surface area contributed by atoms with Crippen molar-refractivity contribution in [3.63, 3.8) is 0 Å². The number of hydrogen-bond donors (Lipinski definition) is 2. The number of nitrogens with one attached hydrogen (secondary N) is 2. The van der Waals surface area contributed by atoms with Crippen LogP contribution in [-0.2, 0) is 4.79 Å². The van der Waals surface area contributed by atoms with Crippen LogP contribution in [0, 0.1) is 12.8 Å². The van der Waals surface area contributed by atoms with Gasteiger partial charge in [0.15, 0.2) is 5.13 Å². The fourth-order valence-corrected chi connectivity index (χ4v) is 2.98. The smallest absolute Gasteiger partial charge is 0.255 e. The minimum absolute atomic E-state index is 0.0794. The van der Waals surface area contributed by atoms with E-state index >= 15 is 0 Å². The molecule has 134 valence electrons. The molecule has 2 amide bonds. The molecule has 0 aliphatic carbocycles. The first-order valence-electron chi connectivity index (χ1n) is 8.18. The fourth-order valence-electron chi connectivity index (χ4n) is 2.28. The highest BCUT2D eigenvalue weighted by Crippen LogP contribution is 2.19. The highest BCUT2D eigenvalue weighted by atomic mass is 32.1. The van der Waals surface area contributed by atoms with E-state index in [9.17, 15) is 9.59 Å². The molecule has 1 heterocycles. The predicted octanol–water partition coefficient (Wildman–Crippen LogP) is 3.24. The van der Waals surface area contributed by atoms with Crippen molar-refractivity contribution in [2.75, 3.05) is 11.9 Å². The number of benzene rings is 1. The van der Waals surface area contributed by atoms with Gasteiger partial charge in [-0.25, -0.2) is 4.98 Å². The third-order valence-electron chi connectivity index (χ3n) is 3.52. The van der Waals surface area contributed by atoms with Gasteiger partial charge in [-0.1, -0.05) is 26.0 Å². The number of aromatic nitrogens is 1. The van der Waals surface area contributed by atoms with Crippen molar-refractivity contribution >= 4 is 28.3 Å². The summed E-state index contributed by atoms with van der Waals surface area (Å²) in [4.78, 5) is 29.4. The average molecular weight is 361 g/mol. The molecule has 0 saturated heterocycles. The standard InChI is InChI=1S/C18H23N3O3S/c1-5-24-14-9-7-6-8-13(14)16(22)20-15(11(2)3)17(23)21-18-19-12(4)10-25-18/h6-11,15H,5H2,1-4H3,(H,20,22)(H,19,21,23). The lowest BCUT2D eigenvalue weighted by Gasteiger charge is -2.21. The summed E-state index contributed by atoms with van der Waals surface area (Å²) < 4.78 is 5.49. The Kier molecular flexibility index (Phi) is 6.52. The van der Waals surface area contributed by atoms with Crippen molar-refractivity contribution in [1.82, 2.24) is 10.3 Å². The third kappa shape index (κ3) is 5.03. The Labute approximate surface area is 151 Å². The summed E-state index contributed by atoms with van der Waals surface area (Å²) in [6.45, 7) is 7.94. The summed E-state index contributed by atoms with van der Waals surface area (Å²) in [7, 11) is 0. The number of aryl methyl sites for hydroxylation is 1. The van der Waals surface area contributed by atoms with Crippen LogP contribution in [0.1, 0.15) is 36.8 Å². The van der Waals surface area contributed by atoms with Crippen LogP contribution in [-0.4, -0.2) is 29.4 Å². The number of rotatable bonds is 7. The molecule has 2 rings (SSSR count). The maximum atomic E-state index is 12.6. The minimum atomic E-state index is -0.675. The van der Waals surface area contributed by atoms with Gasteiger partial charge in [-0.2, -0.15) is 0 Å². The first-order valence-corrected chi connectivity index (χ1v) is 9.06. The van der Waals surface area contributed by atoms with E-state index in [4.69, 9.17) is 4.74 Å². The van der Waals surface area contributed by atoms with Gasteiger partial charge in [0.2, 0.25) is 5.91 Å². The van der Waals surface area contributed by atoms with Gasteiger partial charge < -0.3 is 15.4 Å². The summed E-state index contributed by atoms with van der Waals surface area (Å²) >= 11 is 1.36. The van der Waals surface area contributed by atoms with Crippen molar-refractivity contribution in [1.29, 1.82) is 0 Å². The number of anilines is 1. The van der Waals surface area contributed by atoms with Crippen LogP contribution in [0.3, 0.4) is 0 Å². The Morgan fingerprint density at radius 1 is 1.28 bits per heavy atom. The Morgan fingerprint density at radius 3 is 2.60 bits per heavy atom. The summed E-state index contributed by atoms with van der Waals surface area (Å²) in [6, 6.07) is 6.31. The van der Waals surface area contributed by atoms with Gasteiger partial charge in [0.05, 0.1) is 17.9 Å². The van der Waals surface area contributed by atoms with E-state index in [1.165, 1.54) is 11.3 Å². The van der Waals surface area contributed by atoms with Crippen LogP contribution in [0.25, 0.3) is 0 Å². The lowest BCUT2D eigenvalue weighted by molar-refractivity contribution is -0.118. The fraction of sp³-hybridized carbons (Fsp3) is 0.389. The predicted molar refractivity (Wildman–Crippen MR) is 99.2 cm³/mol. The van der Waals surface area contributed by atoms with Crippen LogP contribution in [0.2, 0.25) is 0 Å². The third-order valence-corrected chi connectivity index (χ3v) is 4.39. The van der Waals surface area contributed by atoms with Crippen molar-refractivity contribution in [2.45, 2.75) is 33.7 Å². The average Bonchev–Trinajstić information content (AvgIpc) is 2.97. The van der Waals surface area contributed by atoms with E-state index in [0.29, 0.717) is 23.1 Å². The first-order chi connectivity index (χ1) is 11.9. The summed E-state index contributed by atoms with van der Waals surface area (Å²) in [5.41, 5.74) is 1.25. The number of hydrogen-bond acceptors (Lipinski definition) is 5. The van der Waals surface area contributed by atoms with Gasteiger partial charge in [0.25, 0.3) is 5.91 Å². The second-order valence-electron chi connectivity index (χ2n) is 5.91. The SMILES string of the molecule is CCOc1ccccc1C(=O)NC(C(=O)Nc1nc(C)cs1)C(C)C. The highest BCUT2D eigenvalue weighted by molar-refractivity contribution is 7.13. The number of ether oxygens (including phenoxy) is 1. The lowest BCUT2D eigenvalue weighted by atomic mass is 10.0. The topological polar surface area (TPSA) is 80.3 Å². The van der Waals surface area contributed by atoms with Crippen molar-refractivity contribution in [3.8, 4) is 5.75 Å². The maximum Gasteiger partial charge on any atom is 0.255 e. The Morgan fingerprint density at radius 2 is 2.00 bits per heavy atom. The van der Waals surface area contributed by atoms with E-state index in [-0.39, 0.29) is 17.7 Å². The zero-order valence-corrected chi connectivity index (χ0v) is 15.6. The monoisotopic (exact) mass is 361 g/mol. The van der Waals surface area contributed by atoms with Crippen LogP contribution in [0.5, 0.6) is 5.75 Å². The van der Waals surface area contributed by atoms with Crippen LogP contribution >= 0.6 is 11.3 Å². The number of amides is 2. The van der Waals surface area contributed by atoms with E-state index in [0.717, 1.165) is 5.69 Å². The van der Waals surface area contributed by atoms with Gasteiger partial charge >= 0.3 is 0 Å². The number of para-hydroxylation sites is 1. The molecule has 0 fully saturated rings. The van der Waals surface area contributed by atoms with E-state index in [2.05, 4.69) is 15.6 Å². The molecule has 1 aromatic heterocycles. The molecule has 0 aliphatic heterocycles. The molecule has 6 nitrogen and oxygen atoms in total. The van der Waals surface area contributed by atoms with Gasteiger partial charge in [0.1, 0.15) is 11.8 Å². The molecule has 0 aliphatic rings. The minimum Gasteiger partial charge on any atom is -0.493 e. The summed E-state index contributed by atoms with van der Waals surface area (Å²) in [5.74, 6) is -0.204. The van der Waals surface area contributed by atoms with Gasteiger partial charge in [-0.15, -0.1) is 11.3 Å². The molecule has 2 N–H and O–H groups in total. The second-order valence-corrected chi connectivity index (χ2v) is 6.77. The van der Waals surface area contributed by atoms with Crippen molar-refractivity contribution in [3.05, 3.63) is 40.9 Å². The summed E-state index contributed by atoms with van der Waals surface area (Å²) in [5, 5.41) is 7.95. The highest BCUT2D eigenvalue weighted by Gasteiger charge is 2.26. The number of carbonyl (C=O) groups is 2. The summed E-state index contributed by atoms with van der Waals surface area (Å²) in [6.07, 6.45) is 0. The van der Waals surface area contributed by atoms with Crippen molar-refractivity contribution in [2.24, 2.45) is 5.92 Å². The number of carbonyl (C=O) groups excluding carboxylic acids is 2. The number of nitrogens with zero attached hydrogens (tertiary/aromatic N) is 1. The lowest BCUT2D eigenvalue weighted by Crippen LogP contribution is -2.47. The maximum absolute atomic E-state index is 12.6. The Hall–Kier alpha value is -2.41. The zero-order valence-electron chi connectivity index (χ0n) is 14.8.